The van der Waals surface area contributed by atoms with Gasteiger partial charge in [-0.15, -0.1) is 0 Å². The maximum absolute atomic E-state index is 12.0. The molecule has 9 heteroatoms. The normalized spacial score (nSPS) is 15.4. The monoisotopic (exact) mass is 416 g/mol. The molecule has 0 aliphatic carbocycles. The summed E-state index contributed by atoms with van der Waals surface area (Å²) in [6.45, 7) is 0.212. The van der Waals surface area contributed by atoms with Gasteiger partial charge in [-0.05, 0) is 30.7 Å². The van der Waals surface area contributed by atoms with E-state index in [0.29, 0.717) is 17.5 Å². The number of rotatable bonds is 8. The van der Waals surface area contributed by atoms with Gasteiger partial charge in [0, 0.05) is 18.5 Å². The zero-order chi connectivity index (χ0) is 20.7. The minimum Gasteiger partial charge on any atom is -0.462 e. The molecule has 0 amide bonds. The molecule has 2 aromatic rings. The number of hydrogen-bond acceptors (Lipinski definition) is 7. The molecule has 1 aliphatic rings. The van der Waals surface area contributed by atoms with Crippen LogP contribution in [0.3, 0.4) is 0 Å². The fourth-order valence-corrected chi connectivity index (χ4v) is 3.94. The first-order chi connectivity index (χ1) is 14.0. The fraction of sp³-hybridized carbons (Fsp3) is 0.250. The Morgan fingerprint density at radius 2 is 1.62 bits per heavy atom. The molecule has 2 aromatic carbocycles. The molecule has 8 nitrogen and oxygen atoms in total. The van der Waals surface area contributed by atoms with Gasteiger partial charge in [0.15, 0.2) is 0 Å². The molecule has 0 radical (unpaired) electrons. The Kier molecular flexibility index (Phi) is 6.61. The number of carbonyl (C=O) groups excluding carboxylic acids is 2. The van der Waals surface area contributed by atoms with Gasteiger partial charge >= 0.3 is 11.9 Å². The van der Waals surface area contributed by atoms with Crippen LogP contribution in [0.4, 0.5) is 0 Å². The number of amidine groups is 1. The molecular formula is C20H20N2O6S. The summed E-state index contributed by atoms with van der Waals surface area (Å²) < 4.78 is 36.4. The van der Waals surface area contributed by atoms with E-state index in [0.717, 1.165) is 0 Å². The second-order valence-electron chi connectivity index (χ2n) is 6.16. The van der Waals surface area contributed by atoms with Gasteiger partial charge in [-0.25, -0.2) is 13.2 Å². The summed E-state index contributed by atoms with van der Waals surface area (Å²) in [5, 5.41) is 0. The van der Waals surface area contributed by atoms with Crippen molar-refractivity contribution in [3.8, 4) is 0 Å². The number of nitrogens with zero attached hydrogens (tertiary/aromatic N) is 1. The van der Waals surface area contributed by atoms with E-state index in [-0.39, 0.29) is 36.9 Å². The van der Waals surface area contributed by atoms with Gasteiger partial charge in [0.2, 0.25) is 0 Å². The van der Waals surface area contributed by atoms with Crippen LogP contribution in [-0.4, -0.2) is 46.0 Å². The predicted molar refractivity (Wildman–Crippen MR) is 105 cm³/mol. The first-order valence-electron chi connectivity index (χ1n) is 9.02. The maximum Gasteiger partial charge on any atom is 0.338 e. The van der Waals surface area contributed by atoms with E-state index in [1.807, 2.05) is 0 Å². The lowest BCUT2D eigenvalue weighted by Crippen LogP contribution is -2.22. The Morgan fingerprint density at radius 1 is 0.931 bits per heavy atom. The molecule has 152 valence electrons. The molecule has 0 fully saturated rings. The molecule has 3 rings (SSSR count). The quantitative estimate of drug-likeness (QED) is 0.520. The van der Waals surface area contributed by atoms with E-state index in [2.05, 4.69) is 9.71 Å². The summed E-state index contributed by atoms with van der Waals surface area (Å²) in [5.74, 6) is -0.632. The van der Waals surface area contributed by atoms with Crippen LogP contribution < -0.4 is 4.72 Å². The first-order valence-corrected chi connectivity index (χ1v) is 10.5. The van der Waals surface area contributed by atoms with Crippen LogP contribution in [0, 0.1) is 0 Å². The van der Waals surface area contributed by atoms with Crippen molar-refractivity contribution in [2.24, 2.45) is 4.99 Å². The maximum atomic E-state index is 12.0. The number of nitrogens with one attached hydrogen (secondary N) is 1. The third-order valence-corrected chi connectivity index (χ3v) is 5.46. The van der Waals surface area contributed by atoms with E-state index in [1.165, 1.54) is 6.07 Å². The van der Waals surface area contributed by atoms with Crippen molar-refractivity contribution in [3.05, 3.63) is 65.7 Å². The molecule has 0 unspecified atom stereocenters. The third kappa shape index (κ3) is 5.41. The van der Waals surface area contributed by atoms with Crippen molar-refractivity contribution >= 4 is 27.8 Å². The summed E-state index contributed by atoms with van der Waals surface area (Å²) in [4.78, 5) is 27.9. The van der Waals surface area contributed by atoms with Crippen LogP contribution in [0.15, 0.2) is 64.5 Å². The highest BCUT2D eigenvalue weighted by atomic mass is 32.2. The molecule has 1 aliphatic heterocycles. The summed E-state index contributed by atoms with van der Waals surface area (Å²) >= 11 is 0. The second-order valence-corrected chi connectivity index (χ2v) is 7.81. The Morgan fingerprint density at radius 3 is 2.41 bits per heavy atom. The van der Waals surface area contributed by atoms with Gasteiger partial charge in [0.05, 0.1) is 10.5 Å². The van der Waals surface area contributed by atoms with Crippen molar-refractivity contribution in [2.45, 2.75) is 17.7 Å². The topological polar surface area (TPSA) is 111 Å². The molecule has 0 spiro atoms. The number of carbonyl (C=O) groups is 2. The highest BCUT2D eigenvalue weighted by Crippen LogP contribution is 2.22. The molecule has 0 bridgehead atoms. The Hall–Kier alpha value is -3.20. The largest absolute Gasteiger partial charge is 0.462 e. The fourth-order valence-electron chi connectivity index (χ4n) is 2.69. The van der Waals surface area contributed by atoms with Gasteiger partial charge < -0.3 is 9.47 Å². The van der Waals surface area contributed by atoms with E-state index in [9.17, 15) is 18.0 Å². The Balaban J connectivity index is 1.36. The average Bonchev–Trinajstić information content (AvgIpc) is 2.99. The molecule has 0 saturated heterocycles. The summed E-state index contributed by atoms with van der Waals surface area (Å²) in [6.07, 6.45) is 0.522. The number of esters is 2. The van der Waals surface area contributed by atoms with Crippen LogP contribution in [0.1, 0.15) is 28.8 Å². The van der Waals surface area contributed by atoms with Crippen molar-refractivity contribution in [3.63, 3.8) is 0 Å². The number of fused-ring (bicyclic) bond motifs is 1. The molecule has 0 atom stereocenters. The first kappa shape index (κ1) is 20.5. The van der Waals surface area contributed by atoms with Crippen LogP contribution in [0.25, 0.3) is 0 Å². The molecule has 0 aromatic heterocycles. The Bertz CT molecular complexity index is 1020. The number of sulfonamides is 1. The van der Waals surface area contributed by atoms with Crippen LogP contribution in [-0.2, 0) is 24.3 Å². The van der Waals surface area contributed by atoms with Crippen LogP contribution in [0.2, 0.25) is 0 Å². The number of benzene rings is 2. The highest BCUT2D eigenvalue weighted by Gasteiger charge is 2.29. The third-order valence-electron chi connectivity index (χ3n) is 4.06. The molecular weight excluding hydrogens is 396 g/mol. The van der Waals surface area contributed by atoms with Gasteiger partial charge in [0.1, 0.15) is 19.0 Å². The van der Waals surface area contributed by atoms with Crippen molar-refractivity contribution in [1.29, 1.82) is 0 Å². The van der Waals surface area contributed by atoms with E-state index >= 15 is 0 Å². The van der Waals surface area contributed by atoms with Crippen molar-refractivity contribution < 1.29 is 27.5 Å². The Labute approximate surface area is 168 Å². The molecule has 1 heterocycles. The SMILES string of the molecule is O=C(CCCN=C1NS(=O)(=O)c2ccccc21)OCCOC(=O)c1ccccc1. The second kappa shape index (κ2) is 9.33. The summed E-state index contributed by atoms with van der Waals surface area (Å²) in [7, 11) is -3.56. The lowest BCUT2D eigenvalue weighted by atomic mass is 10.2. The zero-order valence-electron chi connectivity index (χ0n) is 15.5. The molecule has 1 N–H and O–H groups in total. The number of ether oxygens (including phenoxy) is 2. The van der Waals surface area contributed by atoms with Crippen molar-refractivity contribution in [1.82, 2.24) is 4.72 Å². The molecule has 0 saturated carbocycles. The number of aliphatic imine (C=N–C) groups is 1. The van der Waals surface area contributed by atoms with Crippen LogP contribution >= 0.6 is 0 Å². The minimum atomic E-state index is -3.56. The zero-order valence-corrected chi connectivity index (χ0v) is 16.4. The minimum absolute atomic E-state index is 0.0274. The predicted octanol–water partition coefficient (Wildman–Crippen LogP) is 1.91. The van der Waals surface area contributed by atoms with Crippen LogP contribution in [0.5, 0.6) is 0 Å². The standard InChI is InChI=1S/C20H20N2O6S/c23-18(27-13-14-28-20(24)15-7-2-1-3-8-15)11-6-12-21-19-16-9-4-5-10-17(16)29(25,26)22-19/h1-5,7-10H,6,11-14H2,(H,21,22). The summed E-state index contributed by atoms with van der Waals surface area (Å²) in [6, 6.07) is 15.1. The van der Waals surface area contributed by atoms with Gasteiger partial charge in [-0.3, -0.25) is 14.5 Å². The van der Waals surface area contributed by atoms with E-state index in [1.54, 1.807) is 48.5 Å². The smallest absolute Gasteiger partial charge is 0.338 e. The van der Waals surface area contributed by atoms with E-state index < -0.39 is 22.0 Å². The van der Waals surface area contributed by atoms with Crippen molar-refractivity contribution in [2.75, 3.05) is 19.8 Å². The highest BCUT2D eigenvalue weighted by molar-refractivity contribution is 7.90. The summed E-state index contributed by atoms with van der Waals surface area (Å²) in [5.41, 5.74) is 0.956. The molecule has 29 heavy (non-hydrogen) atoms. The van der Waals surface area contributed by atoms with Gasteiger partial charge in [-0.2, -0.15) is 0 Å². The average molecular weight is 416 g/mol. The van der Waals surface area contributed by atoms with E-state index in [4.69, 9.17) is 9.47 Å². The van der Waals surface area contributed by atoms with Gasteiger partial charge in [-0.1, -0.05) is 30.3 Å². The lowest BCUT2D eigenvalue weighted by molar-refractivity contribution is -0.144. The number of hydrogen-bond donors (Lipinski definition) is 1. The van der Waals surface area contributed by atoms with Gasteiger partial charge in [0.25, 0.3) is 10.0 Å². The lowest BCUT2D eigenvalue weighted by Gasteiger charge is -2.06.